The summed E-state index contributed by atoms with van der Waals surface area (Å²) in [6.45, 7) is 2.06. The summed E-state index contributed by atoms with van der Waals surface area (Å²) >= 11 is 0. The van der Waals surface area contributed by atoms with Crippen LogP contribution in [0.3, 0.4) is 0 Å². The van der Waals surface area contributed by atoms with E-state index in [9.17, 15) is 8.78 Å². The first-order chi connectivity index (χ1) is 13.1. The van der Waals surface area contributed by atoms with Crippen LogP contribution in [0, 0.1) is 11.6 Å². The fourth-order valence-corrected chi connectivity index (χ4v) is 4.36. The Morgan fingerprint density at radius 3 is 2.07 bits per heavy atom. The second kappa shape index (κ2) is 7.80. The Kier molecular flexibility index (Phi) is 5.24. The van der Waals surface area contributed by atoms with Gasteiger partial charge in [0, 0.05) is 11.1 Å². The lowest BCUT2D eigenvalue weighted by Crippen LogP contribution is -2.04. The lowest BCUT2D eigenvalue weighted by atomic mass is 9.83. The van der Waals surface area contributed by atoms with E-state index in [1.54, 1.807) is 12.1 Å². The molecule has 0 aliphatic heterocycles. The predicted molar refractivity (Wildman–Crippen MR) is 109 cm³/mol. The van der Waals surface area contributed by atoms with Gasteiger partial charge in [0.2, 0.25) is 0 Å². The highest BCUT2D eigenvalue weighted by molar-refractivity contribution is 5.73. The topological polar surface area (TPSA) is 0 Å². The van der Waals surface area contributed by atoms with Gasteiger partial charge in [-0.3, -0.25) is 0 Å². The second-order valence-electron chi connectivity index (χ2n) is 7.95. The number of rotatable bonds is 3. The van der Waals surface area contributed by atoms with E-state index >= 15 is 0 Å². The Morgan fingerprint density at radius 1 is 0.741 bits per heavy atom. The minimum Gasteiger partial charge on any atom is -0.203 e. The van der Waals surface area contributed by atoms with Gasteiger partial charge in [-0.1, -0.05) is 73.4 Å². The van der Waals surface area contributed by atoms with Gasteiger partial charge in [0.05, 0.1) is 0 Å². The maximum Gasteiger partial charge on any atom is 0.167 e. The first-order valence-electron chi connectivity index (χ1n) is 10.1. The van der Waals surface area contributed by atoms with E-state index in [4.69, 9.17) is 0 Å². The molecule has 0 amide bonds. The molecule has 2 aromatic carbocycles. The summed E-state index contributed by atoms with van der Waals surface area (Å²) < 4.78 is 29.6. The van der Waals surface area contributed by atoms with Crippen molar-refractivity contribution in [1.29, 1.82) is 0 Å². The monoisotopic (exact) mass is 364 g/mol. The Labute approximate surface area is 160 Å². The molecule has 2 heteroatoms. The number of benzene rings is 2. The highest BCUT2D eigenvalue weighted by Crippen LogP contribution is 2.36. The summed E-state index contributed by atoms with van der Waals surface area (Å²) in [5.41, 5.74) is 4.94. The fourth-order valence-electron chi connectivity index (χ4n) is 4.36. The Bertz CT molecular complexity index is 881. The summed E-state index contributed by atoms with van der Waals surface area (Å²) in [6.07, 6.45) is 11.9. The van der Waals surface area contributed by atoms with Crippen LogP contribution >= 0.6 is 0 Å². The highest BCUT2D eigenvalue weighted by atomic mass is 19.2. The highest BCUT2D eigenvalue weighted by Gasteiger charge is 2.19. The smallest absolute Gasteiger partial charge is 0.167 e. The molecule has 1 saturated carbocycles. The Balaban J connectivity index is 1.61. The van der Waals surface area contributed by atoms with Crippen LogP contribution in [0.25, 0.3) is 16.7 Å². The molecule has 0 radical (unpaired) electrons. The molecule has 0 N–H and O–H groups in total. The summed E-state index contributed by atoms with van der Waals surface area (Å²) in [7, 11) is 0. The van der Waals surface area contributed by atoms with E-state index in [-0.39, 0.29) is 0 Å². The van der Waals surface area contributed by atoms with E-state index in [2.05, 4.69) is 19.1 Å². The van der Waals surface area contributed by atoms with Gasteiger partial charge in [0.25, 0.3) is 0 Å². The zero-order valence-electron chi connectivity index (χ0n) is 15.9. The van der Waals surface area contributed by atoms with Crippen LogP contribution in [0.5, 0.6) is 0 Å². The molecular weight excluding hydrogens is 338 g/mol. The summed E-state index contributed by atoms with van der Waals surface area (Å²) in [5.74, 6) is -0.861. The van der Waals surface area contributed by atoms with Crippen molar-refractivity contribution >= 4 is 5.57 Å². The lowest BCUT2D eigenvalue weighted by molar-refractivity contribution is 0.443. The number of halogens is 2. The van der Waals surface area contributed by atoms with Crippen LogP contribution in [0.4, 0.5) is 8.78 Å². The molecule has 4 rings (SSSR count). The van der Waals surface area contributed by atoms with E-state index < -0.39 is 11.6 Å². The molecular formula is C25H26F2. The maximum atomic E-state index is 14.8. The van der Waals surface area contributed by atoms with Crippen molar-refractivity contribution in [3.05, 3.63) is 76.9 Å². The van der Waals surface area contributed by atoms with Crippen molar-refractivity contribution in [2.24, 2.45) is 0 Å². The molecule has 0 spiro atoms. The first-order valence-corrected chi connectivity index (χ1v) is 10.1. The molecule has 140 valence electrons. The van der Waals surface area contributed by atoms with Crippen LogP contribution < -0.4 is 0 Å². The van der Waals surface area contributed by atoms with Gasteiger partial charge >= 0.3 is 0 Å². The van der Waals surface area contributed by atoms with Gasteiger partial charge in [0.1, 0.15) is 0 Å². The van der Waals surface area contributed by atoms with E-state index in [0.717, 1.165) is 24.0 Å². The molecule has 27 heavy (non-hydrogen) atoms. The lowest BCUT2D eigenvalue weighted by Gasteiger charge is -2.22. The zero-order chi connectivity index (χ0) is 18.8. The van der Waals surface area contributed by atoms with Crippen molar-refractivity contribution in [2.45, 2.75) is 57.8 Å². The molecule has 2 aromatic rings. The molecule has 1 fully saturated rings. The Hall–Kier alpha value is -2.22. The summed E-state index contributed by atoms with van der Waals surface area (Å²) in [5, 5.41) is 0. The Morgan fingerprint density at radius 2 is 1.41 bits per heavy atom. The van der Waals surface area contributed by atoms with Gasteiger partial charge in [0.15, 0.2) is 11.6 Å². The van der Waals surface area contributed by atoms with E-state index in [1.165, 1.54) is 43.2 Å². The number of hydrogen-bond donors (Lipinski definition) is 0. The summed E-state index contributed by atoms with van der Waals surface area (Å²) in [4.78, 5) is 0. The van der Waals surface area contributed by atoms with Gasteiger partial charge in [-0.05, 0) is 55.2 Å². The van der Waals surface area contributed by atoms with Crippen molar-refractivity contribution in [1.82, 2.24) is 0 Å². The molecule has 0 saturated heterocycles. The van der Waals surface area contributed by atoms with E-state index in [0.29, 0.717) is 17.0 Å². The SMILES string of the molecule is CC1=CC=C(c2ccc(-c3ccc(C4CCCCC4)cc3)c(F)c2F)CC1. The van der Waals surface area contributed by atoms with E-state index in [1.807, 2.05) is 24.3 Å². The van der Waals surface area contributed by atoms with Gasteiger partial charge < -0.3 is 0 Å². The van der Waals surface area contributed by atoms with Crippen LogP contribution in [-0.2, 0) is 0 Å². The molecule has 0 bridgehead atoms. The van der Waals surface area contributed by atoms with Gasteiger partial charge in [-0.15, -0.1) is 0 Å². The minimum atomic E-state index is -0.745. The maximum absolute atomic E-state index is 14.8. The standard InChI is InChI=1S/C25H26F2/c1-17-7-9-20(10-8-17)22-15-16-23(25(27)24(22)26)21-13-11-19(12-14-21)18-5-3-2-4-6-18/h7,9,11-16,18H,2-6,8,10H2,1H3. The quantitative estimate of drug-likeness (QED) is 0.521. The second-order valence-corrected chi connectivity index (χ2v) is 7.95. The van der Waals surface area contributed by atoms with Crippen molar-refractivity contribution in [2.75, 3.05) is 0 Å². The molecule has 2 aliphatic carbocycles. The molecule has 0 heterocycles. The zero-order valence-corrected chi connectivity index (χ0v) is 15.9. The van der Waals surface area contributed by atoms with Crippen LogP contribution in [0.2, 0.25) is 0 Å². The summed E-state index contributed by atoms with van der Waals surface area (Å²) in [6, 6.07) is 11.5. The van der Waals surface area contributed by atoms with Crippen LogP contribution in [0.1, 0.15) is 68.9 Å². The largest absolute Gasteiger partial charge is 0.203 e. The fraction of sp³-hybridized carbons (Fsp3) is 0.360. The van der Waals surface area contributed by atoms with Gasteiger partial charge in [-0.25, -0.2) is 8.78 Å². The first kappa shape index (κ1) is 18.2. The predicted octanol–water partition coefficient (Wildman–Crippen LogP) is 7.80. The molecule has 2 aliphatic rings. The molecule has 0 unspecified atom stereocenters. The van der Waals surface area contributed by atoms with Crippen LogP contribution in [0.15, 0.2) is 54.1 Å². The van der Waals surface area contributed by atoms with Crippen LogP contribution in [-0.4, -0.2) is 0 Å². The number of hydrogen-bond acceptors (Lipinski definition) is 0. The third kappa shape index (κ3) is 3.76. The molecule has 0 aromatic heterocycles. The minimum absolute atomic E-state index is 0.342. The normalized spacial score (nSPS) is 18.2. The van der Waals surface area contributed by atoms with Gasteiger partial charge in [-0.2, -0.15) is 0 Å². The average molecular weight is 364 g/mol. The van der Waals surface area contributed by atoms with Crippen molar-refractivity contribution in [3.63, 3.8) is 0 Å². The third-order valence-electron chi connectivity index (χ3n) is 6.08. The average Bonchev–Trinajstić information content (AvgIpc) is 2.72. The number of allylic oxidation sites excluding steroid dienone is 4. The third-order valence-corrected chi connectivity index (χ3v) is 6.08. The van der Waals surface area contributed by atoms with Crippen molar-refractivity contribution < 1.29 is 8.78 Å². The molecule has 0 nitrogen and oxygen atoms in total. The molecule has 0 atom stereocenters. The van der Waals surface area contributed by atoms with Crippen molar-refractivity contribution in [3.8, 4) is 11.1 Å².